The first-order chi connectivity index (χ1) is 16.3. The summed E-state index contributed by atoms with van der Waals surface area (Å²) in [4.78, 5) is 24.3. The molecule has 6 heteroatoms. The van der Waals surface area contributed by atoms with Crippen LogP contribution in [0.15, 0.2) is 42.5 Å². The molecule has 0 radical (unpaired) electrons. The van der Waals surface area contributed by atoms with Crippen LogP contribution >= 0.6 is 0 Å². The fourth-order valence-corrected chi connectivity index (χ4v) is 3.65. The van der Waals surface area contributed by atoms with Gasteiger partial charge in [0.2, 0.25) is 0 Å². The van der Waals surface area contributed by atoms with Gasteiger partial charge in [0, 0.05) is 21.5 Å². The number of hydrogen-bond donors (Lipinski definition) is 0. The molecule has 0 aliphatic rings. The van der Waals surface area contributed by atoms with E-state index < -0.39 is 11.9 Å². The van der Waals surface area contributed by atoms with Gasteiger partial charge in [-0.05, 0) is 29.9 Å². The molecular weight excluding hydrogens is 432 g/mol. The molecule has 0 bridgehead atoms. The molecule has 6 nitrogen and oxygen atoms in total. The van der Waals surface area contributed by atoms with Gasteiger partial charge in [-0.25, -0.2) is 9.59 Å². The van der Waals surface area contributed by atoms with Crippen LogP contribution in [0.3, 0.4) is 0 Å². The first-order valence-electron chi connectivity index (χ1n) is 11.8. The highest BCUT2D eigenvalue weighted by atomic mass is 16.6. The van der Waals surface area contributed by atoms with E-state index in [0.29, 0.717) is 24.7 Å². The fraction of sp³-hybridized carbons (Fsp3) is 0.429. The number of carbonyl (C=O) groups excluding carboxylic acids is 2. The van der Waals surface area contributed by atoms with Gasteiger partial charge in [0.25, 0.3) is 0 Å². The maximum absolute atomic E-state index is 12.2. The van der Waals surface area contributed by atoms with E-state index in [2.05, 4.69) is 32.9 Å². The van der Waals surface area contributed by atoms with Gasteiger partial charge in [-0.1, -0.05) is 71.0 Å². The van der Waals surface area contributed by atoms with Crippen LogP contribution in [0.5, 0.6) is 11.5 Å². The van der Waals surface area contributed by atoms with Gasteiger partial charge in [0.1, 0.15) is 11.5 Å². The Labute approximate surface area is 201 Å². The van der Waals surface area contributed by atoms with Crippen LogP contribution in [0.1, 0.15) is 53.0 Å². The number of ether oxygens (including phenoxy) is 4. The van der Waals surface area contributed by atoms with Crippen LogP contribution in [0, 0.1) is 0 Å². The molecule has 0 spiro atoms. The van der Waals surface area contributed by atoms with Crippen molar-refractivity contribution in [2.45, 2.75) is 52.9 Å². The molecule has 0 amide bonds. The van der Waals surface area contributed by atoms with Crippen molar-refractivity contribution >= 4 is 33.5 Å². The predicted molar refractivity (Wildman–Crippen MR) is 134 cm³/mol. The van der Waals surface area contributed by atoms with Crippen molar-refractivity contribution in [3.63, 3.8) is 0 Å². The lowest BCUT2D eigenvalue weighted by Gasteiger charge is -2.22. The zero-order chi connectivity index (χ0) is 24.7. The largest absolute Gasteiger partial charge is 0.481 e. The second-order valence-electron chi connectivity index (χ2n) is 9.23. The summed E-state index contributed by atoms with van der Waals surface area (Å²) in [6, 6.07) is 13.8. The van der Waals surface area contributed by atoms with Crippen molar-refractivity contribution in [1.29, 1.82) is 0 Å². The minimum Gasteiger partial charge on any atom is -0.481 e. The highest BCUT2D eigenvalue weighted by Crippen LogP contribution is 2.44. The summed E-state index contributed by atoms with van der Waals surface area (Å²) in [6.07, 6.45) is 1.50. The Kier molecular flexibility index (Phi) is 8.37. The van der Waals surface area contributed by atoms with Crippen LogP contribution in [-0.2, 0) is 24.5 Å². The normalized spacial score (nSPS) is 11.4. The average Bonchev–Trinajstić information content (AvgIpc) is 2.82. The molecule has 0 N–H and O–H groups in total. The van der Waals surface area contributed by atoms with E-state index in [9.17, 15) is 9.59 Å². The van der Waals surface area contributed by atoms with Crippen molar-refractivity contribution < 1.29 is 28.5 Å². The van der Waals surface area contributed by atoms with E-state index in [1.807, 2.05) is 44.2 Å². The SMILES string of the molecule is CCCOC(=O)COc1c2ccccc2c(OCC(=O)OCCC)c2cc(C(C)(C)C)ccc12. The predicted octanol–water partition coefficient (Wildman–Crippen LogP) is 5.95. The molecule has 0 aromatic heterocycles. The topological polar surface area (TPSA) is 71.1 Å². The lowest BCUT2D eigenvalue weighted by atomic mass is 9.85. The molecule has 3 aromatic rings. The summed E-state index contributed by atoms with van der Waals surface area (Å²) in [5, 5.41) is 3.19. The summed E-state index contributed by atoms with van der Waals surface area (Å²) < 4.78 is 22.5. The number of rotatable bonds is 10. The Morgan fingerprint density at radius 2 is 1.18 bits per heavy atom. The number of fused-ring (bicyclic) bond motifs is 2. The smallest absolute Gasteiger partial charge is 0.344 e. The monoisotopic (exact) mass is 466 g/mol. The quantitative estimate of drug-likeness (QED) is 0.271. The molecule has 0 fully saturated rings. The standard InChI is InChI=1S/C28H34O6/c1-6-14-31-24(29)17-33-26-20-10-8-9-11-21(20)27(34-18-25(30)32-15-7-2)23-16-19(28(3,4)5)12-13-22(23)26/h8-13,16H,6-7,14-15,17-18H2,1-5H3. The second-order valence-corrected chi connectivity index (χ2v) is 9.23. The van der Waals surface area contributed by atoms with Gasteiger partial charge in [-0.15, -0.1) is 0 Å². The summed E-state index contributed by atoms with van der Waals surface area (Å²) in [5.41, 5.74) is 1.02. The van der Waals surface area contributed by atoms with Crippen molar-refractivity contribution in [2.24, 2.45) is 0 Å². The van der Waals surface area contributed by atoms with Gasteiger partial charge in [0.15, 0.2) is 13.2 Å². The first kappa shape index (κ1) is 25.3. The zero-order valence-corrected chi connectivity index (χ0v) is 20.7. The third kappa shape index (κ3) is 5.99. The van der Waals surface area contributed by atoms with E-state index >= 15 is 0 Å². The third-order valence-corrected chi connectivity index (χ3v) is 5.39. The van der Waals surface area contributed by atoms with Crippen molar-refractivity contribution in [3.05, 3.63) is 48.0 Å². The molecular formula is C28H34O6. The molecule has 3 rings (SSSR count). The first-order valence-corrected chi connectivity index (χ1v) is 11.8. The molecule has 0 saturated heterocycles. The number of benzene rings is 3. The number of carbonyl (C=O) groups is 2. The van der Waals surface area contributed by atoms with Gasteiger partial charge in [0.05, 0.1) is 13.2 Å². The van der Waals surface area contributed by atoms with Gasteiger partial charge in [-0.2, -0.15) is 0 Å². The van der Waals surface area contributed by atoms with Gasteiger partial charge < -0.3 is 18.9 Å². The molecule has 0 aliphatic heterocycles. The van der Waals surface area contributed by atoms with Crippen molar-refractivity contribution in [1.82, 2.24) is 0 Å². The highest BCUT2D eigenvalue weighted by molar-refractivity contribution is 6.11. The van der Waals surface area contributed by atoms with Crippen LogP contribution in [0.2, 0.25) is 0 Å². The molecule has 0 atom stereocenters. The van der Waals surface area contributed by atoms with Gasteiger partial charge >= 0.3 is 11.9 Å². The van der Waals surface area contributed by atoms with E-state index in [0.717, 1.165) is 39.9 Å². The minimum atomic E-state index is -0.413. The molecule has 0 heterocycles. The summed E-state index contributed by atoms with van der Waals surface area (Å²) in [7, 11) is 0. The molecule has 0 saturated carbocycles. The Hall–Kier alpha value is -3.28. The maximum Gasteiger partial charge on any atom is 0.344 e. The van der Waals surface area contributed by atoms with Crippen LogP contribution in [0.4, 0.5) is 0 Å². The lowest BCUT2D eigenvalue weighted by Crippen LogP contribution is -2.17. The van der Waals surface area contributed by atoms with Gasteiger partial charge in [-0.3, -0.25) is 0 Å². The number of esters is 2. The lowest BCUT2D eigenvalue weighted by molar-refractivity contribution is -0.146. The van der Waals surface area contributed by atoms with Crippen molar-refractivity contribution in [2.75, 3.05) is 26.4 Å². The minimum absolute atomic E-state index is 0.0951. The maximum atomic E-state index is 12.2. The summed E-state index contributed by atoms with van der Waals surface area (Å²) >= 11 is 0. The Bertz CT molecular complexity index is 1160. The molecule has 0 aliphatic carbocycles. The van der Waals surface area contributed by atoms with Crippen LogP contribution in [0.25, 0.3) is 21.5 Å². The van der Waals surface area contributed by atoms with E-state index in [1.165, 1.54) is 0 Å². The summed E-state index contributed by atoms with van der Waals surface area (Å²) in [5.74, 6) is 0.348. The highest BCUT2D eigenvalue weighted by Gasteiger charge is 2.21. The van der Waals surface area contributed by atoms with E-state index in [-0.39, 0.29) is 18.6 Å². The third-order valence-electron chi connectivity index (χ3n) is 5.39. The van der Waals surface area contributed by atoms with E-state index in [4.69, 9.17) is 18.9 Å². The van der Waals surface area contributed by atoms with Crippen LogP contribution in [-0.4, -0.2) is 38.4 Å². The zero-order valence-electron chi connectivity index (χ0n) is 20.7. The summed E-state index contributed by atoms with van der Waals surface area (Å²) in [6.45, 7) is 10.6. The molecule has 3 aromatic carbocycles. The van der Waals surface area contributed by atoms with Crippen molar-refractivity contribution in [3.8, 4) is 11.5 Å². The Morgan fingerprint density at radius 3 is 1.65 bits per heavy atom. The molecule has 182 valence electrons. The molecule has 0 unspecified atom stereocenters. The van der Waals surface area contributed by atoms with Crippen LogP contribution < -0.4 is 9.47 Å². The van der Waals surface area contributed by atoms with E-state index in [1.54, 1.807) is 0 Å². The fourth-order valence-electron chi connectivity index (χ4n) is 3.65. The number of hydrogen-bond acceptors (Lipinski definition) is 6. The Morgan fingerprint density at radius 1 is 0.706 bits per heavy atom. The second kappa shape index (κ2) is 11.2. The molecule has 34 heavy (non-hydrogen) atoms. The Balaban J connectivity index is 2.12. The average molecular weight is 467 g/mol.